The second kappa shape index (κ2) is 3.72. The fraction of sp³-hybridized carbons (Fsp3) is 0.444. The zero-order chi connectivity index (χ0) is 9.26. The van der Waals surface area contributed by atoms with Crippen LogP contribution in [0.2, 0.25) is 0 Å². The largest absolute Gasteiger partial charge is 0.494 e. The molecule has 1 aliphatic heterocycles. The third kappa shape index (κ3) is 1.89. The van der Waals surface area contributed by atoms with Gasteiger partial charge in [0.25, 0.3) is 0 Å². The average molecular weight is 213 g/mol. The molecule has 0 aromatic heterocycles. The van der Waals surface area contributed by atoms with Gasteiger partial charge in [-0.1, -0.05) is 24.0 Å². The van der Waals surface area contributed by atoms with Crippen molar-refractivity contribution in [3.63, 3.8) is 0 Å². The summed E-state index contributed by atoms with van der Waals surface area (Å²) in [6.45, 7) is 2.72. The second-order valence-corrected chi connectivity index (χ2v) is 4.66. The Bertz CT molecular complexity index is 296. The topological polar surface area (TPSA) is 21.3 Å². The van der Waals surface area contributed by atoms with E-state index in [9.17, 15) is 0 Å². The Morgan fingerprint density at radius 1 is 1.77 bits per heavy atom. The van der Waals surface area contributed by atoms with E-state index in [1.165, 1.54) is 4.91 Å². The van der Waals surface area contributed by atoms with Gasteiger partial charge >= 0.3 is 0 Å². The Balaban J connectivity index is 2.11. The van der Waals surface area contributed by atoms with Crippen molar-refractivity contribution >= 4 is 28.3 Å². The van der Waals surface area contributed by atoms with Gasteiger partial charge in [0, 0.05) is 4.91 Å². The Morgan fingerprint density at radius 2 is 2.62 bits per heavy atom. The van der Waals surface area contributed by atoms with Gasteiger partial charge in [-0.05, 0) is 25.5 Å². The third-order valence-corrected chi connectivity index (χ3v) is 3.31. The molecule has 1 saturated heterocycles. The van der Waals surface area contributed by atoms with Crippen molar-refractivity contribution in [1.29, 1.82) is 0 Å². The van der Waals surface area contributed by atoms with E-state index in [0.717, 1.165) is 23.1 Å². The summed E-state index contributed by atoms with van der Waals surface area (Å²) in [5.41, 5.74) is 0. The van der Waals surface area contributed by atoms with Crippen molar-refractivity contribution in [3.05, 3.63) is 22.8 Å². The number of rotatable bonds is 2. The number of thioether (sulfide) groups is 1. The number of nitrogens with one attached hydrogen (secondary N) is 1. The van der Waals surface area contributed by atoms with Crippen LogP contribution in [0.15, 0.2) is 22.8 Å². The first-order valence-electron chi connectivity index (χ1n) is 4.32. The van der Waals surface area contributed by atoms with Crippen LogP contribution in [-0.2, 0) is 4.74 Å². The van der Waals surface area contributed by atoms with Crippen molar-refractivity contribution in [1.82, 2.24) is 5.32 Å². The number of hydrogen-bond acceptors (Lipinski definition) is 3. The van der Waals surface area contributed by atoms with Gasteiger partial charge in [0.15, 0.2) is 0 Å². The summed E-state index contributed by atoms with van der Waals surface area (Å²) in [7, 11) is 0. The van der Waals surface area contributed by atoms with Crippen LogP contribution in [0.25, 0.3) is 0 Å². The van der Waals surface area contributed by atoms with Gasteiger partial charge in [-0.2, -0.15) is 0 Å². The van der Waals surface area contributed by atoms with Crippen LogP contribution < -0.4 is 5.32 Å². The minimum atomic E-state index is 0.404. The maximum Gasteiger partial charge on any atom is 0.138 e. The van der Waals surface area contributed by atoms with E-state index in [0.29, 0.717) is 6.04 Å². The zero-order valence-corrected chi connectivity index (χ0v) is 9.00. The van der Waals surface area contributed by atoms with Crippen LogP contribution in [0.5, 0.6) is 0 Å². The molecule has 2 nitrogen and oxygen atoms in total. The molecule has 0 radical (unpaired) electrons. The molecule has 4 heteroatoms. The lowest BCUT2D eigenvalue weighted by Gasteiger charge is -2.15. The van der Waals surface area contributed by atoms with E-state index < -0.39 is 0 Å². The highest BCUT2D eigenvalue weighted by Gasteiger charge is 2.26. The smallest absolute Gasteiger partial charge is 0.138 e. The molecular formula is C9H11NOS2. The Morgan fingerprint density at radius 3 is 3.38 bits per heavy atom. The van der Waals surface area contributed by atoms with E-state index in [2.05, 4.69) is 17.5 Å². The van der Waals surface area contributed by atoms with Crippen LogP contribution in [-0.4, -0.2) is 17.0 Å². The SMILES string of the molecule is CCOC1=CCC2NC(=S)SC2=C1. The summed E-state index contributed by atoms with van der Waals surface area (Å²) in [5.74, 6) is 0.979. The van der Waals surface area contributed by atoms with Gasteiger partial charge in [0.2, 0.25) is 0 Å². The molecule has 0 saturated carbocycles. The quantitative estimate of drug-likeness (QED) is 0.709. The van der Waals surface area contributed by atoms with Crippen LogP contribution in [0, 0.1) is 0 Å². The predicted octanol–water partition coefficient (Wildman–Crippen LogP) is 2.18. The number of hydrogen-bond donors (Lipinski definition) is 1. The maximum absolute atomic E-state index is 5.43. The molecular weight excluding hydrogens is 202 g/mol. The molecule has 0 aromatic carbocycles. The molecule has 2 rings (SSSR count). The van der Waals surface area contributed by atoms with Crippen molar-refractivity contribution in [2.24, 2.45) is 0 Å². The van der Waals surface area contributed by atoms with Crippen LogP contribution >= 0.6 is 24.0 Å². The number of ether oxygens (including phenoxy) is 1. The summed E-state index contributed by atoms with van der Waals surface area (Å²) in [6.07, 6.45) is 5.17. The van der Waals surface area contributed by atoms with Gasteiger partial charge in [0.05, 0.1) is 12.6 Å². The summed E-state index contributed by atoms with van der Waals surface area (Å²) in [6, 6.07) is 0.404. The van der Waals surface area contributed by atoms with E-state index >= 15 is 0 Å². The van der Waals surface area contributed by atoms with E-state index in [-0.39, 0.29) is 0 Å². The van der Waals surface area contributed by atoms with Gasteiger partial charge < -0.3 is 10.1 Å². The molecule has 0 bridgehead atoms. The van der Waals surface area contributed by atoms with Crippen molar-refractivity contribution in [2.75, 3.05) is 6.61 Å². The van der Waals surface area contributed by atoms with Gasteiger partial charge in [-0.25, -0.2) is 0 Å². The summed E-state index contributed by atoms with van der Waals surface area (Å²) in [5, 5.41) is 3.24. The lowest BCUT2D eigenvalue weighted by atomic mass is 10.1. The van der Waals surface area contributed by atoms with Crippen LogP contribution in [0.1, 0.15) is 13.3 Å². The third-order valence-electron chi connectivity index (χ3n) is 2.00. The fourth-order valence-electron chi connectivity index (χ4n) is 1.43. The molecule has 0 aromatic rings. The minimum absolute atomic E-state index is 0.404. The molecule has 1 fully saturated rings. The number of thiocarbonyl (C=S) groups is 1. The maximum atomic E-state index is 5.43. The zero-order valence-electron chi connectivity index (χ0n) is 7.37. The second-order valence-electron chi connectivity index (χ2n) is 2.91. The fourth-order valence-corrected chi connectivity index (χ4v) is 2.75. The lowest BCUT2D eigenvalue weighted by Crippen LogP contribution is -2.25. The van der Waals surface area contributed by atoms with Crippen molar-refractivity contribution < 1.29 is 4.74 Å². The monoisotopic (exact) mass is 213 g/mol. The molecule has 1 unspecified atom stereocenters. The molecule has 2 aliphatic rings. The van der Waals surface area contributed by atoms with Crippen molar-refractivity contribution in [2.45, 2.75) is 19.4 Å². The summed E-state index contributed by atoms with van der Waals surface area (Å²) in [4.78, 5) is 1.29. The molecule has 0 amide bonds. The van der Waals surface area contributed by atoms with Crippen molar-refractivity contribution in [3.8, 4) is 0 Å². The molecule has 1 N–H and O–H groups in total. The molecule has 13 heavy (non-hydrogen) atoms. The predicted molar refractivity (Wildman–Crippen MR) is 59.5 cm³/mol. The average Bonchev–Trinajstić information content (AvgIpc) is 2.44. The van der Waals surface area contributed by atoms with Gasteiger partial charge in [-0.3, -0.25) is 0 Å². The normalized spacial score (nSPS) is 25.9. The molecule has 1 heterocycles. The highest BCUT2D eigenvalue weighted by Crippen LogP contribution is 2.33. The minimum Gasteiger partial charge on any atom is -0.494 e. The summed E-state index contributed by atoms with van der Waals surface area (Å²) < 4.78 is 6.30. The highest BCUT2D eigenvalue weighted by molar-refractivity contribution is 8.25. The van der Waals surface area contributed by atoms with Crippen LogP contribution in [0.3, 0.4) is 0 Å². The van der Waals surface area contributed by atoms with E-state index in [4.69, 9.17) is 17.0 Å². The Hall–Kier alpha value is -0.480. The first-order valence-corrected chi connectivity index (χ1v) is 5.55. The first-order chi connectivity index (χ1) is 6.29. The van der Waals surface area contributed by atoms with Gasteiger partial charge in [0.1, 0.15) is 10.1 Å². The highest BCUT2D eigenvalue weighted by atomic mass is 32.2. The molecule has 1 atom stereocenters. The molecule has 0 spiro atoms. The van der Waals surface area contributed by atoms with E-state index in [1.807, 2.05) is 6.92 Å². The molecule has 1 aliphatic carbocycles. The number of fused-ring (bicyclic) bond motifs is 1. The standard InChI is InChI=1S/C9H11NOS2/c1-2-11-6-3-4-7-8(5-6)13-9(12)10-7/h3,5,7H,2,4H2,1H3,(H,10,12). The lowest BCUT2D eigenvalue weighted by molar-refractivity contribution is 0.239. The Labute approximate surface area is 87.4 Å². The summed E-state index contributed by atoms with van der Waals surface area (Å²) >= 11 is 6.72. The first kappa shape index (κ1) is 9.09. The molecule has 70 valence electrons. The Kier molecular flexibility index (Phi) is 2.60. The van der Waals surface area contributed by atoms with E-state index in [1.54, 1.807) is 11.8 Å². The van der Waals surface area contributed by atoms with Gasteiger partial charge in [-0.15, -0.1) is 0 Å². The number of allylic oxidation sites excluding steroid dienone is 1. The van der Waals surface area contributed by atoms with Crippen LogP contribution in [0.4, 0.5) is 0 Å².